The summed E-state index contributed by atoms with van der Waals surface area (Å²) in [5.41, 5.74) is 2.76. The highest BCUT2D eigenvalue weighted by atomic mass is 16.4. The Bertz CT molecular complexity index is 590. The molecule has 0 spiro atoms. The highest BCUT2D eigenvalue weighted by molar-refractivity contribution is 5.76. The van der Waals surface area contributed by atoms with Gasteiger partial charge in [0, 0.05) is 0 Å². The molecule has 0 aromatic heterocycles. The number of hydrogen-bond acceptors (Lipinski definition) is 2. The van der Waals surface area contributed by atoms with Crippen LogP contribution in [0.4, 0.5) is 0 Å². The van der Waals surface area contributed by atoms with Crippen LogP contribution < -0.4 is 0 Å². The zero-order chi connectivity index (χ0) is 13.8. The molecule has 2 N–H and O–H groups in total. The van der Waals surface area contributed by atoms with E-state index in [0.717, 1.165) is 16.7 Å². The summed E-state index contributed by atoms with van der Waals surface area (Å²) in [7, 11) is 0. The maximum absolute atomic E-state index is 11.1. The van der Waals surface area contributed by atoms with Crippen molar-refractivity contribution in [1.29, 1.82) is 0 Å². The smallest absolute Gasteiger partial charge is 0.310 e. The number of carboxylic acid groups (broad SMARTS) is 1. The maximum Gasteiger partial charge on any atom is 0.310 e. The number of carbonyl (C=O) groups is 1. The Morgan fingerprint density at radius 2 is 1.89 bits per heavy atom. The molecule has 1 atom stereocenters. The van der Waals surface area contributed by atoms with E-state index in [1.807, 2.05) is 30.3 Å². The minimum absolute atomic E-state index is 0.223. The monoisotopic (exact) mass is 256 g/mol. The van der Waals surface area contributed by atoms with Crippen LogP contribution in [0.2, 0.25) is 0 Å². The minimum atomic E-state index is -0.830. The van der Waals surface area contributed by atoms with Gasteiger partial charge in [-0.25, -0.2) is 0 Å². The largest absolute Gasteiger partial charge is 0.508 e. The van der Waals surface area contributed by atoms with Gasteiger partial charge in [0.1, 0.15) is 5.75 Å². The zero-order valence-corrected chi connectivity index (χ0v) is 10.7. The van der Waals surface area contributed by atoms with Gasteiger partial charge in [-0.15, -0.1) is 0 Å². The number of phenols is 1. The number of rotatable bonds is 4. The number of carboxylic acids is 1. The number of benzene rings is 2. The van der Waals surface area contributed by atoms with Gasteiger partial charge in [0.15, 0.2) is 0 Å². The molecule has 19 heavy (non-hydrogen) atoms. The summed E-state index contributed by atoms with van der Waals surface area (Å²) < 4.78 is 0. The van der Waals surface area contributed by atoms with E-state index in [2.05, 4.69) is 0 Å². The predicted octanol–water partition coefficient (Wildman–Crippen LogP) is 3.17. The molecule has 2 aromatic rings. The van der Waals surface area contributed by atoms with Crippen molar-refractivity contribution in [1.82, 2.24) is 0 Å². The second-order valence-electron chi connectivity index (χ2n) is 4.61. The molecule has 0 aliphatic heterocycles. The Kier molecular flexibility index (Phi) is 3.85. The average molecular weight is 256 g/mol. The molecular formula is C16H16O3. The summed E-state index contributed by atoms with van der Waals surface area (Å²) in [4.78, 5) is 11.1. The standard InChI is InChI=1S/C16H16O3/c1-11(16(18)19)15-8-3-2-6-13(15)9-12-5-4-7-14(17)10-12/h2-8,10-11,17H,9H2,1H3,(H,18,19). The van der Waals surface area contributed by atoms with Crippen molar-refractivity contribution >= 4 is 5.97 Å². The summed E-state index contributed by atoms with van der Waals surface area (Å²) in [6.45, 7) is 1.68. The molecule has 1 unspecified atom stereocenters. The summed E-state index contributed by atoms with van der Waals surface area (Å²) in [5.74, 6) is -1.14. The highest BCUT2D eigenvalue weighted by Gasteiger charge is 2.16. The van der Waals surface area contributed by atoms with Crippen LogP contribution >= 0.6 is 0 Å². The van der Waals surface area contributed by atoms with Crippen molar-refractivity contribution in [3.05, 3.63) is 65.2 Å². The first-order valence-electron chi connectivity index (χ1n) is 6.16. The molecule has 0 fully saturated rings. The lowest BCUT2D eigenvalue weighted by molar-refractivity contribution is -0.138. The molecule has 3 heteroatoms. The van der Waals surface area contributed by atoms with Crippen molar-refractivity contribution < 1.29 is 15.0 Å². The molecular weight excluding hydrogens is 240 g/mol. The zero-order valence-electron chi connectivity index (χ0n) is 10.7. The van der Waals surface area contributed by atoms with Crippen LogP contribution in [0.15, 0.2) is 48.5 Å². The maximum atomic E-state index is 11.1. The van der Waals surface area contributed by atoms with Crippen LogP contribution in [-0.4, -0.2) is 16.2 Å². The Balaban J connectivity index is 2.33. The second-order valence-corrected chi connectivity index (χ2v) is 4.61. The topological polar surface area (TPSA) is 57.5 Å². The van der Waals surface area contributed by atoms with Gasteiger partial charge < -0.3 is 10.2 Å². The predicted molar refractivity (Wildman–Crippen MR) is 73.4 cm³/mol. The number of aliphatic carboxylic acids is 1. The summed E-state index contributed by atoms with van der Waals surface area (Å²) in [5, 5.41) is 18.6. The summed E-state index contributed by atoms with van der Waals surface area (Å²) in [6.07, 6.45) is 0.613. The van der Waals surface area contributed by atoms with Crippen LogP contribution in [0.3, 0.4) is 0 Å². The first-order chi connectivity index (χ1) is 9.08. The Labute approximate surface area is 112 Å². The second kappa shape index (κ2) is 5.57. The third kappa shape index (κ3) is 3.13. The van der Waals surface area contributed by atoms with E-state index in [4.69, 9.17) is 5.11 Å². The Morgan fingerprint density at radius 1 is 1.16 bits per heavy atom. The lowest BCUT2D eigenvalue weighted by atomic mass is 9.92. The molecule has 98 valence electrons. The molecule has 0 saturated heterocycles. The highest BCUT2D eigenvalue weighted by Crippen LogP contribution is 2.23. The third-order valence-corrected chi connectivity index (χ3v) is 3.20. The number of aromatic hydroxyl groups is 1. The van der Waals surface area contributed by atoms with Gasteiger partial charge in [0.05, 0.1) is 5.92 Å². The Morgan fingerprint density at radius 3 is 2.58 bits per heavy atom. The summed E-state index contributed by atoms with van der Waals surface area (Å²) in [6, 6.07) is 14.5. The van der Waals surface area contributed by atoms with Crippen LogP contribution in [0, 0.1) is 0 Å². The molecule has 0 bridgehead atoms. The molecule has 0 amide bonds. The fraction of sp³-hybridized carbons (Fsp3) is 0.188. The van der Waals surface area contributed by atoms with E-state index in [1.165, 1.54) is 0 Å². The van der Waals surface area contributed by atoms with E-state index < -0.39 is 11.9 Å². The SMILES string of the molecule is CC(C(=O)O)c1ccccc1Cc1cccc(O)c1. The number of hydrogen-bond donors (Lipinski definition) is 2. The third-order valence-electron chi connectivity index (χ3n) is 3.20. The van der Waals surface area contributed by atoms with Crippen molar-refractivity contribution in [2.45, 2.75) is 19.3 Å². The molecule has 0 heterocycles. The lowest BCUT2D eigenvalue weighted by Gasteiger charge is -2.13. The minimum Gasteiger partial charge on any atom is -0.508 e. The van der Waals surface area contributed by atoms with Gasteiger partial charge in [-0.2, -0.15) is 0 Å². The molecule has 0 aliphatic rings. The van der Waals surface area contributed by atoms with Crippen molar-refractivity contribution in [2.75, 3.05) is 0 Å². The van der Waals surface area contributed by atoms with Gasteiger partial charge in [0.25, 0.3) is 0 Å². The average Bonchev–Trinajstić information content (AvgIpc) is 2.38. The van der Waals surface area contributed by atoms with E-state index in [1.54, 1.807) is 25.1 Å². The van der Waals surface area contributed by atoms with E-state index >= 15 is 0 Å². The van der Waals surface area contributed by atoms with E-state index in [-0.39, 0.29) is 5.75 Å². The first-order valence-corrected chi connectivity index (χ1v) is 6.16. The Hall–Kier alpha value is -2.29. The molecule has 0 radical (unpaired) electrons. The van der Waals surface area contributed by atoms with Gasteiger partial charge in [0.2, 0.25) is 0 Å². The van der Waals surface area contributed by atoms with Crippen LogP contribution in [0.5, 0.6) is 5.75 Å². The van der Waals surface area contributed by atoms with Crippen molar-refractivity contribution in [2.24, 2.45) is 0 Å². The fourth-order valence-electron chi connectivity index (χ4n) is 2.14. The molecule has 0 aliphatic carbocycles. The lowest BCUT2D eigenvalue weighted by Crippen LogP contribution is -2.10. The van der Waals surface area contributed by atoms with Gasteiger partial charge in [-0.3, -0.25) is 4.79 Å². The van der Waals surface area contributed by atoms with E-state index in [0.29, 0.717) is 6.42 Å². The normalized spacial score (nSPS) is 12.1. The first kappa shape index (κ1) is 13.1. The summed E-state index contributed by atoms with van der Waals surface area (Å²) >= 11 is 0. The molecule has 0 saturated carbocycles. The van der Waals surface area contributed by atoms with Crippen LogP contribution in [0.25, 0.3) is 0 Å². The van der Waals surface area contributed by atoms with Crippen LogP contribution in [0.1, 0.15) is 29.5 Å². The number of phenolic OH excluding ortho intramolecular Hbond substituents is 1. The van der Waals surface area contributed by atoms with Gasteiger partial charge in [-0.1, -0.05) is 36.4 Å². The van der Waals surface area contributed by atoms with Gasteiger partial charge in [-0.05, 0) is 42.2 Å². The molecule has 2 rings (SSSR count). The molecule has 2 aromatic carbocycles. The van der Waals surface area contributed by atoms with Crippen molar-refractivity contribution in [3.8, 4) is 5.75 Å². The van der Waals surface area contributed by atoms with Crippen molar-refractivity contribution in [3.63, 3.8) is 0 Å². The van der Waals surface area contributed by atoms with E-state index in [9.17, 15) is 9.90 Å². The molecule has 3 nitrogen and oxygen atoms in total. The van der Waals surface area contributed by atoms with Gasteiger partial charge >= 0.3 is 5.97 Å². The fourth-order valence-corrected chi connectivity index (χ4v) is 2.14. The quantitative estimate of drug-likeness (QED) is 0.883. The van der Waals surface area contributed by atoms with Crippen LogP contribution in [-0.2, 0) is 11.2 Å².